The number of anilines is 1. The van der Waals surface area contributed by atoms with Crippen LogP contribution in [0.1, 0.15) is 111 Å². The Kier molecular flexibility index (Phi) is 27.8. The Hall–Kier alpha value is -11.7. The van der Waals surface area contributed by atoms with Gasteiger partial charge in [0.2, 0.25) is 21.9 Å². The van der Waals surface area contributed by atoms with E-state index in [0.29, 0.717) is 131 Å². The molecule has 15 rings (SSSR count). The van der Waals surface area contributed by atoms with Crippen molar-refractivity contribution in [1.82, 2.24) is 69.7 Å². The van der Waals surface area contributed by atoms with Gasteiger partial charge in [-0.3, -0.25) is 38.9 Å². The van der Waals surface area contributed by atoms with Gasteiger partial charge in [-0.15, -0.1) is 0 Å². The highest BCUT2D eigenvalue weighted by Crippen LogP contribution is 2.41. The number of carboxylic acid groups (broad SMARTS) is 3. The maximum atomic E-state index is 13.4. The van der Waals surface area contributed by atoms with Crippen LogP contribution in [0.4, 0.5) is 5.82 Å². The summed E-state index contributed by atoms with van der Waals surface area (Å²) in [6.45, 7) is 3.31. The molecule has 8 aromatic rings. The van der Waals surface area contributed by atoms with Crippen molar-refractivity contribution in [2.45, 2.75) is 89.3 Å². The number of hydrogen-bond donors (Lipinski definition) is 8. The second-order valence-corrected chi connectivity index (χ2v) is 34.2. The quantitative estimate of drug-likeness (QED) is 0.0152. The Morgan fingerprint density at radius 1 is 0.642 bits per heavy atom. The SMILES string of the molecule is CC1=C(C(=O)N2CCc3c(cc(Cl)c(C(=O)N[C@@H](CN=C(NC#N)N4CCCC4)C(=O)O)c3Cl)C2)OC2CC=CC=C12.CS(=O)(=O)N1CC(=O)N(C[C@H](NC(=O)c2c(Cl)cc3c(c2Cl)CCN(C(=O)c2ccc(Cl)cc2)C3)C(=O)O)C1.O=C(N[C@@H](CNc1ncnc2ccccc12)C(=O)O)c1c(Cl)cc2c(c1Cl)CCN(C(=O)c1cc3ccccn3n1)C2. The largest absolute Gasteiger partial charge is 0.480 e. The number of nitrogens with zero attached hydrogens (tertiary/aromatic N) is 12. The standard InChI is InChI=1S/C29H23Cl2N7O4.C29H30Cl2N6O5.C24H23Cl3N4O7S/c30-20-11-16-14-37(28(40)22-12-17-5-3-4-9-38(17)36-22)10-8-18(16)25(31)24(20)27(39)35-23(29(41)42)13-32-26-19-6-1-2-7-21(19)33-15-34-26;1-16-18-6-2-3-7-22(18)42-25(16)27(39)37-11-8-19-17(14-37)12-20(30)23(24(19)31)26(38)35-21(28(40)41)13-33-29(34-15-32)36-9-4-5-10-36;1-39(37,38)31-11-19(32)30(12-31)10-18(24(35)36)28-22(33)20-17(26)8-14-9-29(7-6-16(14)21(20)27)23(34)13-2-4-15(25)5-3-13/h1-7,9,11-12,15,23H,8,10,13-14H2,(H,35,39)(H,41,42)(H,32,33,34);2-3,6,12,21-22H,4-5,7-11,13-14H2,1H3,(H,33,34)(H,35,38)(H,40,41);2-5,8,18H,6-7,9-12H2,1H3,(H,28,33)(H,35,36)/t23-;21-,22?;18-/m000/s1. The number of fused-ring (bicyclic) bond motifs is 6. The highest BCUT2D eigenvalue weighted by molar-refractivity contribution is 7.88. The van der Waals surface area contributed by atoms with E-state index < -0.39 is 82.8 Å². The Bertz CT molecular complexity index is 5920. The van der Waals surface area contributed by atoms with Crippen LogP contribution in [0.25, 0.3) is 16.4 Å². The van der Waals surface area contributed by atoms with Crippen molar-refractivity contribution in [3.63, 3.8) is 0 Å². The monoisotopic (exact) mass is 1830 g/mol. The van der Waals surface area contributed by atoms with E-state index in [1.807, 2.05) is 78.7 Å². The molecular weight excluding hydrogens is 1760 g/mol. The number of hydrogen-bond acceptors (Lipinski definition) is 19. The lowest BCUT2D eigenvalue weighted by Crippen LogP contribution is -2.49. The van der Waals surface area contributed by atoms with Gasteiger partial charge in [-0.05, 0) is 151 Å². The van der Waals surface area contributed by atoms with Crippen LogP contribution in [0.5, 0.6) is 0 Å². The summed E-state index contributed by atoms with van der Waals surface area (Å²) in [5.74, 6) is -6.53. The summed E-state index contributed by atoms with van der Waals surface area (Å²) in [7, 11) is -3.67. The number of para-hydroxylation sites is 1. The van der Waals surface area contributed by atoms with Gasteiger partial charge < -0.3 is 65.8 Å². The molecule has 3 aromatic heterocycles. The highest BCUT2D eigenvalue weighted by Gasteiger charge is 2.41. The summed E-state index contributed by atoms with van der Waals surface area (Å²) in [6.07, 6.45) is 15.4. The number of halogens is 7. The number of nitriles is 1. The first-order chi connectivity index (χ1) is 58.7. The van der Waals surface area contributed by atoms with Crippen LogP contribution in [0.15, 0.2) is 144 Å². The van der Waals surface area contributed by atoms with Crippen molar-refractivity contribution in [3.05, 3.63) is 235 Å². The van der Waals surface area contributed by atoms with E-state index in [2.05, 4.69) is 46.6 Å². The number of likely N-dealkylation sites (tertiary alicyclic amines) is 1. The number of sulfonamides is 1. The van der Waals surface area contributed by atoms with Crippen molar-refractivity contribution in [3.8, 4) is 6.19 Å². The number of carbonyl (C=O) groups is 10. The average molecular weight is 1840 g/mol. The zero-order valence-electron chi connectivity index (χ0n) is 65.4. The third kappa shape index (κ3) is 20.0. The minimum atomic E-state index is -3.67. The predicted molar refractivity (Wildman–Crippen MR) is 456 cm³/mol. The van der Waals surface area contributed by atoms with Crippen LogP contribution in [-0.2, 0) is 77.6 Å². The molecule has 33 nitrogen and oxygen atoms in total. The molecule has 0 radical (unpaired) electrons. The number of ether oxygens (including phenoxy) is 1. The molecule has 2 saturated heterocycles. The highest BCUT2D eigenvalue weighted by atomic mass is 35.5. The van der Waals surface area contributed by atoms with Crippen LogP contribution < -0.4 is 26.6 Å². The van der Waals surface area contributed by atoms with Gasteiger partial charge >= 0.3 is 17.9 Å². The topological polar surface area (TPSA) is 434 Å². The minimum Gasteiger partial charge on any atom is -0.480 e. The number of rotatable bonds is 20. The summed E-state index contributed by atoms with van der Waals surface area (Å²) in [5, 5.41) is 57.0. The van der Waals surface area contributed by atoms with Gasteiger partial charge in [0, 0.05) is 93.1 Å². The number of aromatic nitrogens is 4. The van der Waals surface area contributed by atoms with Gasteiger partial charge in [0.25, 0.3) is 35.4 Å². The smallest absolute Gasteiger partial charge is 0.328 e. The zero-order chi connectivity index (χ0) is 88.0. The number of carbonyl (C=O) groups excluding carboxylic acids is 7. The lowest BCUT2D eigenvalue weighted by atomic mass is 9.95. The van der Waals surface area contributed by atoms with E-state index in [1.54, 1.807) is 67.9 Å². The van der Waals surface area contributed by atoms with E-state index in [9.17, 15) is 71.7 Å². The number of nitrogens with one attached hydrogen (secondary N) is 5. The third-order valence-electron chi connectivity index (χ3n) is 21.5. The van der Waals surface area contributed by atoms with Gasteiger partial charge in [0.05, 0.1) is 90.4 Å². The van der Waals surface area contributed by atoms with Crippen LogP contribution >= 0.6 is 81.2 Å². The summed E-state index contributed by atoms with van der Waals surface area (Å²) >= 11 is 45.3. The molecule has 9 heterocycles. The fourth-order valence-corrected chi connectivity index (χ4v) is 18.1. The third-order valence-corrected chi connectivity index (χ3v) is 25.0. The normalized spacial score (nSPS) is 16.8. The number of benzene rings is 5. The molecule has 0 saturated carbocycles. The minimum absolute atomic E-state index is 0.0176. The summed E-state index contributed by atoms with van der Waals surface area (Å²) in [6, 6.07) is 21.5. The van der Waals surface area contributed by atoms with Crippen molar-refractivity contribution >= 4 is 179 Å². The zero-order valence-corrected chi connectivity index (χ0v) is 71.5. The molecule has 5 aromatic carbocycles. The first-order valence-electron chi connectivity index (χ1n) is 38.3. The van der Waals surface area contributed by atoms with Gasteiger partial charge in [-0.1, -0.05) is 118 Å². The fourth-order valence-electron chi connectivity index (χ4n) is 15.0. The van der Waals surface area contributed by atoms with Crippen molar-refractivity contribution in [1.29, 1.82) is 5.26 Å². The lowest BCUT2D eigenvalue weighted by molar-refractivity contribution is -0.141. The van der Waals surface area contributed by atoms with Gasteiger partial charge in [-0.25, -0.2) is 42.3 Å². The molecule has 0 bridgehead atoms. The Balaban J connectivity index is 0.000000159. The Morgan fingerprint density at radius 2 is 1.18 bits per heavy atom. The van der Waals surface area contributed by atoms with Crippen LogP contribution in [0.2, 0.25) is 35.2 Å². The first kappa shape index (κ1) is 89.1. The van der Waals surface area contributed by atoms with Crippen molar-refractivity contribution in [2.75, 3.05) is 77.1 Å². The summed E-state index contributed by atoms with van der Waals surface area (Å²) < 4.78 is 32.0. The molecule has 4 atom stereocenters. The average Bonchev–Trinajstić information content (AvgIpc) is 1.52. The number of pyridine rings is 1. The number of aliphatic carboxylic acids is 3. The number of guanidine groups is 1. The Morgan fingerprint density at radius 3 is 1.72 bits per heavy atom. The molecule has 41 heteroatoms. The molecule has 7 amide bonds. The van der Waals surface area contributed by atoms with Crippen molar-refractivity contribution < 1.29 is 76.4 Å². The van der Waals surface area contributed by atoms with Crippen molar-refractivity contribution in [2.24, 2.45) is 4.99 Å². The molecule has 640 valence electrons. The van der Waals surface area contributed by atoms with E-state index in [0.717, 1.165) is 45.0 Å². The molecule has 2 fully saturated rings. The maximum Gasteiger partial charge on any atom is 0.328 e. The molecule has 8 N–H and O–H groups in total. The first-order valence-corrected chi connectivity index (χ1v) is 42.8. The molecule has 7 aliphatic rings. The van der Waals surface area contributed by atoms with E-state index >= 15 is 0 Å². The molecule has 0 spiro atoms. The maximum absolute atomic E-state index is 13.4. The number of allylic oxidation sites excluding steroid dienone is 2. The van der Waals surface area contributed by atoms with Crippen LogP contribution in [0, 0.1) is 11.5 Å². The number of carboxylic acids is 3. The lowest BCUT2D eigenvalue weighted by Gasteiger charge is -2.30. The van der Waals surface area contributed by atoms with E-state index in [4.69, 9.17) is 91.2 Å². The van der Waals surface area contributed by atoms with E-state index in [-0.39, 0.29) is 116 Å². The molecule has 1 unspecified atom stereocenters. The molecule has 123 heavy (non-hydrogen) atoms. The second-order valence-electron chi connectivity index (χ2n) is 29.4. The fraction of sp³-hybridized carbons (Fsp3) is 0.305. The Labute approximate surface area is 737 Å². The molecule has 6 aliphatic heterocycles. The van der Waals surface area contributed by atoms with E-state index in [1.165, 1.54) is 12.4 Å². The van der Waals surface area contributed by atoms with Gasteiger partial charge in [0.15, 0.2) is 17.6 Å². The number of amides is 7. The van der Waals surface area contributed by atoms with Gasteiger partial charge in [-0.2, -0.15) is 14.7 Å². The second kappa shape index (κ2) is 38.4. The number of aliphatic imine (C=N–C) groups is 1. The van der Waals surface area contributed by atoms with Crippen LogP contribution in [0.3, 0.4) is 0 Å². The van der Waals surface area contributed by atoms with Gasteiger partial charge in [0.1, 0.15) is 36.4 Å². The summed E-state index contributed by atoms with van der Waals surface area (Å²) in [4.78, 5) is 148. The van der Waals surface area contributed by atoms with Crippen LogP contribution in [-0.4, -0.2) is 233 Å². The summed E-state index contributed by atoms with van der Waals surface area (Å²) in [5.41, 5.74) is 7.96. The molecule has 1 aliphatic carbocycles. The predicted octanol–water partition coefficient (Wildman–Crippen LogP) is 9.31. The molecular formula is C82H76Cl7N17O16S.